The van der Waals surface area contributed by atoms with Gasteiger partial charge in [-0.05, 0) is 57.8 Å². The molecule has 1 aliphatic heterocycles. The number of esters is 1. The number of carbonyl (C=O) groups is 1. The van der Waals surface area contributed by atoms with Crippen LogP contribution in [0.2, 0.25) is 0 Å². The monoisotopic (exact) mass is 303 g/mol. The summed E-state index contributed by atoms with van der Waals surface area (Å²) in [5.41, 5.74) is 0.640. The lowest BCUT2D eigenvalue weighted by atomic mass is 10.0. The molecule has 0 spiro atoms. The molecule has 22 heavy (non-hydrogen) atoms. The van der Waals surface area contributed by atoms with E-state index in [-0.39, 0.29) is 5.97 Å². The van der Waals surface area contributed by atoms with Gasteiger partial charge in [0, 0.05) is 6.04 Å². The molecule has 122 valence electrons. The van der Waals surface area contributed by atoms with Crippen molar-refractivity contribution in [2.45, 2.75) is 57.9 Å². The van der Waals surface area contributed by atoms with Crippen LogP contribution in [0.4, 0.5) is 0 Å². The number of ether oxygens (including phenoxy) is 1. The van der Waals surface area contributed by atoms with Crippen LogP contribution in [-0.4, -0.2) is 36.6 Å². The Morgan fingerprint density at radius 3 is 2.68 bits per heavy atom. The van der Waals surface area contributed by atoms with Gasteiger partial charge in [-0.3, -0.25) is 0 Å². The Morgan fingerprint density at radius 2 is 1.91 bits per heavy atom. The third-order valence-electron chi connectivity index (χ3n) is 4.52. The Morgan fingerprint density at radius 1 is 1.14 bits per heavy atom. The van der Waals surface area contributed by atoms with Crippen LogP contribution in [0.1, 0.15) is 62.2 Å². The van der Waals surface area contributed by atoms with E-state index in [4.69, 9.17) is 4.74 Å². The van der Waals surface area contributed by atoms with Gasteiger partial charge in [-0.1, -0.05) is 37.5 Å². The molecule has 1 heterocycles. The molecule has 2 rings (SSSR count). The van der Waals surface area contributed by atoms with Gasteiger partial charge in [-0.15, -0.1) is 0 Å². The highest BCUT2D eigenvalue weighted by Gasteiger charge is 2.16. The predicted molar refractivity (Wildman–Crippen MR) is 90.1 cm³/mol. The van der Waals surface area contributed by atoms with Crippen molar-refractivity contribution in [3.05, 3.63) is 35.9 Å². The van der Waals surface area contributed by atoms with E-state index in [0.717, 1.165) is 18.9 Å². The lowest BCUT2D eigenvalue weighted by Crippen LogP contribution is -2.37. The molecule has 0 amide bonds. The number of likely N-dealkylation sites (tertiary alicyclic amines) is 1. The Bertz CT molecular complexity index is 432. The fourth-order valence-electron chi connectivity index (χ4n) is 3.08. The molecule has 3 heteroatoms. The van der Waals surface area contributed by atoms with Crippen molar-refractivity contribution in [3.63, 3.8) is 0 Å². The topological polar surface area (TPSA) is 29.5 Å². The van der Waals surface area contributed by atoms with E-state index in [2.05, 4.69) is 11.8 Å². The maximum atomic E-state index is 11.7. The van der Waals surface area contributed by atoms with Crippen LogP contribution in [0.25, 0.3) is 0 Å². The van der Waals surface area contributed by atoms with E-state index in [1.165, 1.54) is 45.2 Å². The molecule has 0 N–H and O–H groups in total. The third kappa shape index (κ3) is 5.80. The second-order valence-corrected chi connectivity index (χ2v) is 6.30. The number of unbranched alkanes of at least 4 members (excludes halogenated alkanes) is 3. The average molecular weight is 303 g/mol. The van der Waals surface area contributed by atoms with Crippen LogP contribution >= 0.6 is 0 Å². The van der Waals surface area contributed by atoms with Gasteiger partial charge in [-0.2, -0.15) is 0 Å². The minimum absolute atomic E-state index is 0.206. The Hall–Kier alpha value is -1.35. The first-order chi connectivity index (χ1) is 10.8. The van der Waals surface area contributed by atoms with E-state index >= 15 is 0 Å². The molecule has 3 nitrogen and oxygen atoms in total. The number of piperidine rings is 1. The van der Waals surface area contributed by atoms with Gasteiger partial charge in [0.25, 0.3) is 0 Å². The number of carbonyl (C=O) groups excluding carboxylic acids is 1. The molecule has 1 aliphatic rings. The first-order valence-electron chi connectivity index (χ1n) is 8.73. The zero-order chi connectivity index (χ0) is 15.6. The molecule has 1 atom stereocenters. The number of hydrogen-bond donors (Lipinski definition) is 0. The SMILES string of the molecule is CC1CCCCN1CCCCCCOC(=O)c1ccccc1. The van der Waals surface area contributed by atoms with E-state index in [9.17, 15) is 4.79 Å². The van der Waals surface area contributed by atoms with Crippen molar-refractivity contribution in [1.82, 2.24) is 4.90 Å². The molecular weight excluding hydrogens is 274 g/mol. The summed E-state index contributed by atoms with van der Waals surface area (Å²) in [5, 5.41) is 0. The molecule has 0 aromatic heterocycles. The quantitative estimate of drug-likeness (QED) is 0.530. The van der Waals surface area contributed by atoms with Crippen LogP contribution in [0.5, 0.6) is 0 Å². The first kappa shape index (κ1) is 17.0. The lowest BCUT2D eigenvalue weighted by Gasteiger charge is -2.33. The predicted octanol–water partition coefficient (Wildman–Crippen LogP) is 4.28. The molecular formula is C19H29NO2. The van der Waals surface area contributed by atoms with Gasteiger partial charge in [0.15, 0.2) is 0 Å². The summed E-state index contributed by atoms with van der Waals surface area (Å²) in [6.07, 6.45) is 8.71. The number of nitrogens with zero attached hydrogens (tertiary/aromatic N) is 1. The third-order valence-corrected chi connectivity index (χ3v) is 4.52. The normalized spacial score (nSPS) is 19.0. The Labute approximate surface area is 134 Å². The van der Waals surface area contributed by atoms with Crippen LogP contribution < -0.4 is 0 Å². The van der Waals surface area contributed by atoms with Gasteiger partial charge in [0.2, 0.25) is 0 Å². The second-order valence-electron chi connectivity index (χ2n) is 6.30. The van der Waals surface area contributed by atoms with Crippen LogP contribution in [-0.2, 0) is 4.74 Å². The fraction of sp³-hybridized carbons (Fsp3) is 0.632. The number of benzene rings is 1. The summed E-state index contributed by atoms with van der Waals surface area (Å²) < 4.78 is 5.29. The zero-order valence-corrected chi connectivity index (χ0v) is 13.8. The minimum atomic E-state index is -0.206. The van der Waals surface area contributed by atoms with Gasteiger partial charge in [-0.25, -0.2) is 4.79 Å². The van der Waals surface area contributed by atoms with E-state index < -0.39 is 0 Å². The summed E-state index contributed by atoms with van der Waals surface area (Å²) in [4.78, 5) is 14.4. The van der Waals surface area contributed by atoms with Crippen molar-refractivity contribution < 1.29 is 9.53 Å². The summed E-state index contributed by atoms with van der Waals surface area (Å²) in [7, 11) is 0. The fourth-order valence-corrected chi connectivity index (χ4v) is 3.08. The number of rotatable bonds is 8. The highest BCUT2D eigenvalue weighted by molar-refractivity contribution is 5.89. The zero-order valence-electron chi connectivity index (χ0n) is 13.8. The van der Waals surface area contributed by atoms with Crippen molar-refractivity contribution >= 4 is 5.97 Å². The smallest absolute Gasteiger partial charge is 0.338 e. The molecule has 0 saturated carbocycles. The number of hydrogen-bond acceptors (Lipinski definition) is 3. The van der Waals surface area contributed by atoms with E-state index in [1.807, 2.05) is 18.2 Å². The second kappa shape index (κ2) is 9.62. The lowest BCUT2D eigenvalue weighted by molar-refractivity contribution is 0.0497. The molecule has 1 aromatic rings. The summed E-state index contributed by atoms with van der Waals surface area (Å²) in [6, 6.07) is 9.97. The van der Waals surface area contributed by atoms with Crippen LogP contribution in [0, 0.1) is 0 Å². The van der Waals surface area contributed by atoms with E-state index in [0.29, 0.717) is 12.2 Å². The first-order valence-corrected chi connectivity index (χ1v) is 8.73. The summed E-state index contributed by atoms with van der Waals surface area (Å²) >= 11 is 0. The molecule has 1 saturated heterocycles. The van der Waals surface area contributed by atoms with Crippen molar-refractivity contribution in [3.8, 4) is 0 Å². The van der Waals surface area contributed by atoms with Crippen molar-refractivity contribution in [2.24, 2.45) is 0 Å². The van der Waals surface area contributed by atoms with Crippen molar-refractivity contribution in [2.75, 3.05) is 19.7 Å². The van der Waals surface area contributed by atoms with Crippen LogP contribution in [0.15, 0.2) is 30.3 Å². The van der Waals surface area contributed by atoms with E-state index in [1.54, 1.807) is 12.1 Å². The summed E-state index contributed by atoms with van der Waals surface area (Å²) in [5.74, 6) is -0.206. The Kier molecular flexibility index (Phi) is 7.44. The van der Waals surface area contributed by atoms with Crippen LogP contribution in [0.3, 0.4) is 0 Å². The standard InChI is InChI=1S/C19H29NO2/c1-17-11-7-9-15-20(17)14-8-2-3-10-16-22-19(21)18-12-5-4-6-13-18/h4-6,12-13,17H,2-3,7-11,14-16H2,1H3. The highest BCUT2D eigenvalue weighted by atomic mass is 16.5. The molecule has 0 aliphatic carbocycles. The molecule has 1 unspecified atom stereocenters. The highest BCUT2D eigenvalue weighted by Crippen LogP contribution is 2.17. The molecule has 0 bridgehead atoms. The molecule has 1 aromatic carbocycles. The van der Waals surface area contributed by atoms with Gasteiger partial charge < -0.3 is 9.64 Å². The Balaban J connectivity index is 1.48. The maximum Gasteiger partial charge on any atom is 0.338 e. The molecule has 1 fully saturated rings. The summed E-state index contributed by atoms with van der Waals surface area (Å²) in [6.45, 7) is 5.39. The maximum absolute atomic E-state index is 11.7. The average Bonchev–Trinajstić information content (AvgIpc) is 2.56. The van der Waals surface area contributed by atoms with Gasteiger partial charge >= 0.3 is 5.97 Å². The molecule has 0 radical (unpaired) electrons. The minimum Gasteiger partial charge on any atom is -0.462 e. The van der Waals surface area contributed by atoms with Gasteiger partial charge in [0.1, 0.15) is 0 Å². The van der Waals surface area contributed by atoms with Crippen molar-refractivity contribution in [1.29, 1.82) is 0 Å². The van der Waals surface area contributed by atoms with Gasteiger partial charge in [0.05, 0.1) is 12.2 Å². The largest absolute Gasteiger partial charge is 0.462 e.